The minimum atomic E-state index is -1.26. The van der Waals surface area contributed by atoms with E-state index in [9.17, 15) is 19.8 Å². The lowest BCUT2D eigenvalue weighted by molar-refractivity contribution is -0.256. The molecule has 21 heavy (non-hydrogen) atoms. The Morgan fingerprint density at radius 1 is 0.952 bits per heavy atom. The van der Waals surface area contributed by atoms with Gasteiger partial charge in [0, 0.05) is 0 Å². The summed E-state index contributed by atoms with van der Waals surface area (Å²) in [6.45, 7) is 0. The molecule has 0 heterocycles. The smallest absolute Gasteiger partial charge is 0.0716 e. The second-order valence-electron chi connectivity index (χ2n) is 4.15. The zero-order valence-corrected chi connectivity index (χ0v) is 10.8. The standard InChI is InChI=1S/C15H12N2O4/c18-14(19)11-6-4-10(5-7-11)9-16-17-13-3-1-2-12(8-13)15(20)21/h1-9,17H,(H,18,19)(H,20,21)/p-2/b16-9-. The highest BCUT2D eigenvalue weighted by molar-refractivity contribution is 5.88. The first kappa shape index (κ1) is 14.3. The number of nitrogens with zero attached hydrogens (tertiary/aromatic N) is 1. The van der Waals surface area contributed by atoms with Gasteiger partial charge in [-0.25, -0.2) is 0 Å². The molecule has 2 aromatic rings. The van der Waals surface area contributed by atoms with Crippen LogP contribution in [0.3, 0.4) is 0 Å². The lowest BCUT2D eigenvalue weighted by atomic mass is 10.1. The number of aromatic carboxylic acids is 2. The van der Waals surface area contributed by atoms with Gasteiger partial charge in [-0.3, -0.25) is 5.43 Å². The second-order valence-corrected chi connectivity index (χ2v) is 4.15. The van der Waals surface area contributed by atoms with Gasteiger partial charge in [-0.05, 0) is 28.8 Å². The van der Waals surface area contributed by atoms with E-state index in [0.29, 0.717) is 11.3 Å². The summed E-state index contributed by atoms with van der Waals surface area (Å²) in [6.07, 6.45) is 1.48. The van der Waals surface area contributed by atoms with Gasteiger partial charge >= 0.3 is 0 Å². The Bertz CT molecular complexity index is 693. The third-order valence-electron chi connectivity index (χ3n) is 2.65. The Morgan fingerprint density at radius 2 is 1.62 bits per heavy atom. The number of anilines is 1. The zero-order valence-electron chi connectivity index (χ0n) is 10.8. The molecule has 1 N–H and O–H groups in total. The Balaban J connectivity index is 2.03. The highest BCUT2D eigenvalue weighted by Crippen LogP contribution is 2.10. The molecule has 0 spiro atoms. The number of carboxylic acids is 2. The molecule has 0 aliphatic carbocycles. The van der Waals surface area contributed by atoms with Gasteiger partial charge in [0.05, 0.1) is 23.8 Å². The van der Waals surface area contributed by atoms with Crippen molar-refractivity contribution in [1.29, 1.82) is 0 Å². The van der Waals surface area contributed by atoms with Crippen LogP contribution in [0.2, 0.25) is 0 Å². The Morgan fingerprint density at radius 3 is 2.24 bits per heavy atom. The Hall–Kier alpha value is -3.15. The summed E-state index contributed by atoms with van der Waals surface area (Å²) < 4.78 is 0. The van der Waals surface area contributed by atoms with Crippen molar-refractivity contribution in [3.05, 3.63) is 65.2 Å². The highest BCUT2D eigenvalue weighted by Gasteiger charge is 1.95. The maximum absolute atomic E-state index is 10.7. The van der Waals surface area contributed by atoms with Gasteiger partial charge in [0.25, 0.3) is 0 Å². The van der Waals surface area contributed by atoms with Gasteiger partial charge in [-0.2, -0.15) is 5.10 Å². The molecule has 0 aromatic heterocycles. The molecule has 0 aliphatic rings. The molecular formula is C15H10N2O4-2. The number of carbonyl (C=O) groups is 2. The SMILES string of the molecule is O=C([O-])c1ccc(/C=N\Nc2cccc(C(=O)[O-])c2)cc1. The van der Waals surface area contributed by atoms with Crippen LogP contribution < -0.4 is 15.6 Å². The number of carboxylic acid groups (broad SMARTS) is 2. The van der Waals surface area contributed by atoms with Gasteiger partial charge in [0.15, 0.2) is 0 Å². The van der Waals surface area contributed by atoms with Gasteiger partial charge in [0.1, 0.15) is 0 Å². The van der Waals surface area contributed by atoms with Crippen LogP contribution in [-0.2, 0) is 0 Å². The van der Waals surface area contributed by atoms with Crippen LogP contribution in [0.4, 0.5) is 5.69 Å². The summed E-state index contributed by atoms with van der Waals surface area (Å²) in [5, 5.41) is 25.2. The van der Waals surface area contributed by atoms with Gasteiger partial charge in [-0.15, -0.1) is 0 Å². The summed E-state index contributed by atoms with van der Waals surface area (Å²) in [7, 11) is 0. The number of rotatable bonds is 5. The third kappa shape index (κ3) is 3.90. The molecule has 6 nitrogen and oxygen atoms in total. The van der Waals surface area contributed by atoms with Crippen LogP contribution in [0.25, 0.3) is 0 Å². The van der Waals surface area contributed by atoms with E-state index in [1.54, 1.807) is 24.3 Å². The number of hydrogen-bond acceptors (Lipinski definition) is 6. The van der Waals surface area contributed by atoms with Crippen molar-refractivity contribution >= 4 is 23.8 Å². The second kappa shape index (κ2) is 6.33. The maximum Gasteiger partial charge on any atom is 0.0716 e. The van der Waals surface area contributed by atoms with E-state index in [1.165, 1.54) is 30.5 Å². The molecule has 0 radical (unpaired) electrons. The van der Waals surface area contributed by atoms with Crippen molar-refractivity contribution in [3.63, 3.8) is 0 Å². The minimum absolute atomic E-state index is 0.0495. The Labute approximate surface area is 120 Å². The largest absolute Gasteiger partial charge is 0.545 e. The van der Waals surface area contributed by atoms with E-state index in [0.717, 1.165) is 0 Å². The number of hydrazone groups is 1. The summed E-state index contributed by atoms with van der Waals surface area (Å²) in [5.74, 6) is -2.50. The van der Waals surface area contributed by atoms with Crippen LogP contribution in [0.1, 0.15) is 26.3 Å². The topological polar surface area (TPSA) is 105 Å². The summed E-state index contributed by atoms with van der Waals surface area (Å²) in [6, 6.07) is 12.0. The monoisotopic (exact) mass is 282 g/mol. The molecule has 0 saturated heterocycles. The van der Waals surface area contributed by atoms with Crippen LogP contribution in [0.5, 0.6) is 0 Å². The van der Waals surface area contributed by atoms with E-state index >= 15 is 0 Å². The normalized spacial score (nSPS) is 10.5. The highest BCUT2D eigenvalue weighted by atomic mass is 16.4. The molecule has 0 aliphatic heterocycles. The molecule has 0 saturated carbocycles. The van der Waals surface area contributed by atoms with Gasteiger partial charge < -0.3 is 19.8 Å². The predicted octanol–water partition coefficient (Wildman–Crippen LogP) is -0.140. The molecule has 0 bridgehead atoms. The molecule has 6 heteroatoms. The predicted molar refractivity (Wildman–Crippen MR) is 72.8 cm³/mol. The molecule has 2 rings (SSSR count). The van der Waals surface area contributed by atoms with Gasteiger partial charge in [0.2, 0.25) is 0 Å². The number of benzene rings is 2. The molecular weight excluding hydrogens is 272 g/mol. The van der Waals surface area contributed by atoms with E-state index in [-0.39, 0.29) is 11.1 Å². The fraction of sp³-hybridized carbons (Fsp3) is 0. The number of nitrogens with one attached hydrogen (secondary N) is 1. The van der Waals surface area contributed by atoms with Crippen molar-refractivity contribution in [3.8, 4) is 0 Å². The van der Waals surface area contributed by atoms with Crippen LogP contribution in [0.15, 0.2) is 53.6 Å². The Kier molecular flexibility index (Phi) is 4.30. The average Bonchev–Trinajstić information content (AvgIpc) is 2.48. The van der Waals surface area contributed by atoms with Crippen molar-refractivity contribution in [1.82, 2.24) is 0 Å². The number of carbonyl (C=O) groups excluding carboxylic acids is 2. The first-order valence-corrected chi connectivity index (χ1v) is 5.98. The molecule has 0 unspecified atom stereocenters. The summed E-state index contributed by atoms with van der Waals surface area (Å²) >= 11 is 0. The quantitative estimate of drug-likeness (QED) is 0.607. The first-order chi connectivity index (χ1) is 10.1. The average molecular weight is 282 g/mol. The molecule has 0 fully saturated rings. The fourth-order valence-electron chi connectivity index (χ4n) is 1.60. The zero-order chi connectivity index (χ0) is 15.2. The van der Waals surface area contributed by atoms with E-state index < -0.39 is 11.9 Å². The molecule has 106 valence electrons. The summed E-state index contributed by atoms with van der Waals surface area (Å²) in [5.41, 5.74) is 3.99. The van der Waals surface area contributed by atoms with E-state index in [2.05, 4.69) is 10.5 Å². The van der Waals surface area contributed by atoms with E-state index in [1.807, 2.05) is 0 Å². The van der Waals surface area contributed by atoms with Crippen LogP contribution in [0, 0.1) is 0 Å². The maximum atomic E-state index is 10.7. The van der Waals surface area contributed by atoms with E-state index in [4.69, 9.17) is 0 Å². The lowest BCUT2D eigenvalue weighted by Gasteiger charge is -2.05. The summed E-state index contributed by atoms with van der Waals surface area (Å²) in [4.78, 5) is 21.3. The van der Waals surface area contributed by atoms with Crippen LogP contribution in [-0.4, -0.2) is 18.2 Å². The van der Waals surface area contributed by atoms with Crippen molar-refractivity contribution < 1.29 is 19.8 Å². The third-order valence-corrected chi connectivity index (χ3v) is 2.65. The molecule has 0 atom stereocenters. The van der Waals surface area contributed by atoms with Crippen molar-refractivity contribution in [2.24, 2.45) is 5.10 Å². The molecule has 2 aromatic carbocycles. The minimum Gasteiger partial charge on any atom is -0.545 e. The molecule has 0 amide bonds. The van der Waals surface area contributed by atoms with Crippen molar-refractivity contribution in [2.45, 2.75) is 0 Å². The fourth-order valence-corrected chi connectivity index (χ4v) is 1.60. The van der Waals surface area contributed by atoms with Crippen molar-refractivity contribution in [2.75, 3.05) is 5.43 Å². The van der Waals surface area contributed by atoms with Crippen LogP contribution >= 0.6 is 0 Å². The first-order valence-electron chi connectivity index (χ1n) is 5.98. The lowest BCUT2D eigenvalue weighted by Crippen LogP contribution is -2.22. The van der Waals surface area contributed by atoms with Gasteiger partial charge in [-0.1, -0.05) is 36.4 Å². The number of hydrogen-bond donors (Lipinski definition) is 1.